The fourth-order valence-corrected chi connectivity index (χ4v) is 2.84. The first-order valence-corrected chi connectivity index (χ1v) is 7.96. The number of ether oxygens (including phenoxy) is 2. The molecule has 1 N–H and O–H groups in total. The van der Waals surface area contributed by atoms with Crippen molar-refractivity contribution in [3.8, 4) is 11.5 Å². The molecular formula is C15H13ClN2O3S. The van der Waals surface area contributed by atoms with Gasteiger partial charge in [0.1, 0.15) is 0 Å². The first-order chi connectivity index (χ1) is 10.7. The number of nitrogens with zero attached hydrogens (tertiary/aromatic N) is 1. The number of thiophene rings is 1. The van der Waals surface area contributed by atoms with Crippen LogP contribution in [0.5, 0.6) is 11.5 Å². The minimum Gasteiger partial charge on any atom is -0.489 e. The Hall–Kier alpha value is -2.05. The van der Waals surface area contributed by atoms with Crippen molar-refractivity contribution in [2.45, 2.75) is 6.42 Å². The molecule has 0 aliphatic carbocycles. The molecule has 1 aliphatic rings. The molecule has 3 rings (SSSR count). The number of fused-ring (bicyclic) bond motifs is 1. The van der Waals surface area contributed by atoms with Gasteiger partial charge in [0.15, 0.2) is 11.5 Å². The maximum atomic E-state index is 11.8. The Bertz CT molecular complexity index is 701. The van der Waals surface area contributed by atoms with Gasteiger partial charge in [-0.2, -0.15) is 5.10 Å². The van der Waals surface area contributed by atoms with Crippen molar-refractivity contribution in [1.29, 1.82) is 0 Å². The quantitative estimate of drug-likeness (QED) is 0.691. The summed E-state index contributed by atoms with van der Waals surface area (Å²) in [4.78, 5) is 12.4. The van der Waals surface area contributed by atoms with Crippen LogP contribution in [-0.2, 0) is 0 Å². The lowest BCUT2D eigenvalue weighted by molar-refractivity contribution is 0.0959. The van der Waals surface area contributed by atoms with Gasteiger partial charge in [0, 0.05) is 6.42 Å². The highest BCUT2D eigenvalue weighted by Crippen LogP contribution is 2.37. The Morgan fingerprint density at radius 3 is 3.05 bits per heavy atom. The molecule has 1 aromatic heterocycles. The smallest absolute Gasteiger partial charge is 0.281 e. The van der Waals surface area contributed by atoms with E-state index in [1.54, 1.807) is 18.2 Å². The van der Waals surface area contributed by atoms with E-state index < -0.39 is 0 Å². The second-order valence-electron chi connectivity index (χ2n) is 4.56. The van der Waals surface area contributed by atoms with E-state index in [-0.39, 0.29) is 5.91 Å². The lowest BCUT2D eigenvalue weighted by Crippen LogP contribution is -2.16. The zero-order valence-electron chi connectivity index (χ0n) is 11.5. The summed E-state index contributed by atoms with van der Waals surface area (Å²) in [5, 5.41) is 6.24. The second-order valence-corrected chi connectivity index (χ2v) is 5.91. The summed E-state index contributed by atoms with van der Waals surface area (Å²) in [6.07, 6.45) is 2.33. The minimum atomic E-state index is -0.244. The molecule has 0 saturated carbocycles. The van der Waals surface area contributed by atoms with Crippen LogP contribution in [0.25, 0.3) is 0 Å². The Labute approximate surface area is 136 Å². The van der Waals surface area contributed by atoms with Gasteiger partial charge >= 0.3 is 0 Å². The summed E-state index contributed by atoms with van der Waals surface area (Å²) in [6, 6.07) is 7.05. The molecule has 0 atom stereocenters. The van der Waals surface area contributed by atoms with Gasteiger partial charge in [-0.05, 0) is 29.1 Å². The fourth-order valence-electron chi connectivity index (χ4n) is 1.95. The van der Waals surface area contributed by atoms with E-state index in [0.29, 0.717) is 34.6 Å². The van der Waals surface area contributed by atoms with Crippen LogP contribution in [0.1, 0.15) is 21.7 Å². The second kappa shape index (κ2) is 6.81. The molecule has 1 aliphatic heterocycles. The van der Waals surface area contributed by atoms with Crippen LogP contribution in [0, 0.1) is 0 Å². The third-order valence-corrected chi connectivity index (χ3v) is 4.10. The van der Waals surface area contributed by atoms with Crippen molar-refractivity contribution in [3.05, 3.63) is 45.1 Å². The first kappa shape index (κ1) is 14.9. The van der Waals surface area contributed by atoms with E-state index in [1.807, 2.05) is 11.4 Å². The van der Waals surface area contributed by atoms with Gasteiger partial charge in [-0.1, -0.05) is 17.7 Å². The highest BCUT2D eigenvalue weighted by Gasteiger charge is 2.15. The summed E-state index contributed by atoms with van der Waals surface area (Å²) >= 11 is 7.55. The molecule has 0 fully saturated rings. The van der Waals surface area contributed by atoms with Gasteiger partial charge in [0.05, 0.1) is 29.3 Å². The average Bonchev–Trinajstić information content (AvgIpc) is 2.93. The van der Waals surface area contributed by atoms with Crippen LogP contribution in [-0.4, -0.2) is 25.3 Å². The number of amides is 1. The van der Waals surface area contributed by atoms with E-state index in [2.05, 4.69) is 10.5 Å². The zero-order chi connectivity index (χ0) is 15.4. The summed E-state index contributed by atoms with van der Waals surface area (Å²) in [7, 11) is 0. The van der Waals surface area contributed by atoms with Gasteiger partial charge in [-0.15, -0.1) is 11.3 Å². The molecule has 7 heteroatoms. The van der Waals surface area contributed by atoms with Crippen LogP contribution in [0.15, 0.2) is 34.7 Å². The van der Waals surface area contributed by atoms with Crippen LogP contribution in [0.4, 0.5) is 0 Å². The largest absolute Gasteiger partial charge is 0.489 e. The van der Waals surface area contributed by atoms with Gasteiger partial charge in [-0.25, -0.2) is 5.43 Å². The summed E-state index contributed by atoms with van der Waals surface area (Å²) in [5.74, 6) is 0.904. The lowest BCUT2D eigenvalue weighted by atomic mass is 10.2. The van der Waals surface area contributed by atoms with Crippen molar-refractivity contribution < 1.29 is 14.3 Å². The third-order valence-electron chi connectivity index (χ3n) is 2.95. The third kappa shape index (κ3) is 3.40. The van der Waals surface area contributed by atoms with Crippen LogP contribution >= 0.6 is 22.9 Å². The molecule has 0 unspecified atom stereocenters. The molecule has 0 bridgehead atoms. The van der Waals surface area contributed by atoms with E-state index in [1.165, 1.54) is 17.6 Å². The Morgan fingerprint density at radius 2 is 2.23 bits per heavy atom. The molecule has 2 heterocycles. The maximum absolute atomic E-state index is 11.8. The van der Waals surface area contributed by atoms with E-state index >= 15 is 0 Å². The molecule has 1 amide bonds. The van der Waals surface area contributed by atoms with E-state index in [9.17, 15) is 4.79 Å². The maximum Gasteiger partial charge on any atom is 0.281 e. The number of rotatable bonds is 3. The molecule has 5 nitrogen and oxygen atoms in total. The highest BCUT2D eigenvalue weighted by atomic mass is 35.5. The van der Waals surface area contributed by atoms with Crippen molar-refractivity contribution in [1.82, 2.24) is 5.43 Å². The van der Waals surface area contributed by atoms with Gasteiger partial charge in [-0.3, -0.25) is 4.79 Å². The van der Waals surface area contributed by atoms with E-state index in [4.69, 9.17) is 21.1 Å². The molecule has 1 aromatic carbocycles. The molecule has 22 heavy (non-hydrogen) atoms. The van der Waals surface area contributed by atoms with Gasteiger partial charge < -0.3 is 9.47 Å². The van der Waals surface area contributed by atoms with Crippen LogP contribution in [0.2, 0.25) is 5.02 Å². The summed E-state index contributed by atoms with van der Waals surface area (Å²) in [6.45, 7) is 1.16. The van der Waals surface area contributed by atoms with Crippen molar-refractivity contribution >= 4 is 35.1 Å². The SMILES string of the molecule is O=C(N/N=C\c1cc(Cl)c2c(c1)OCCCO2)c1cccs1. The number of carbonyl (C=O) groups excluding carboxylic acids is 1. The standard InChI is InChI=1S/C15H13ClN2O3S/c16-11-7-10(8-12-14(11)21-5-2-4-20-12)9-17-18-15(19)13-3-1-6-22-13/h1,3,6-9H,2,4-5H2,(H,18,19)/b17-9-. The number of carbonyl (C=O) groups is 1. The molecule has 0 radical (unpaired) electrons. The minimum absolute atomic E-state index is 0.244. The van der Waals surface area contributed by atoms with E-state index in [0.717, 1.165) is 12.0 Å². The zero-order valence-corrected chi connectivity index (χ0v) is 13.1. The summed E-state index contributed by atoms with van der Waals surface area (Å²) in [5.41, 5.74) is 3.19. The first-order valence-electron chi connectivity index (χ1n) is 6.70. The normalized spacial score (nSPS) is 13.9. The Morgan fingerprint density at radius 1 is 1.36 bits per heavy atom. The molecule has 0 saturated heterocycles. The number of halogens is 1. The monoisotopic (exact) mass is 336 g/mol. The Balaban J connectivity index is 1.72. The molecule has 0 spiro atoms. The highest BCUT2D eigenvalue weighted by molar-refractivity contribution is 7.12. The van der Waals surface area contributed by atoms with Crippen molar-refractivity contribution in [3.63, 3.8) is 0 Å². The molecule has 114 valence electrons. The van der Waals surface area contributed by atoms with Crippen molar-refractivity contribution in [2.75, 3.05) is 13.2 Å². The van der Waals surface area contributed by atoms with Crippen LogP contribution in [0.3, 0.4) is 0 Å². The Kier molecular flexibility index (Phi) is 4.60. The number of nitrogens with one attached hydrogen (secondary N) is 1. The van der Waals surface area contributed by atoms with Gasteiger partial charge in [0.25, 0.3) is 5.91 Å². The van der Waals surface area contributed by atoms with Crippen LogP contribution < -0.4 is 14.9 Å². The fraction of sp³-hybridized carbons (Fsp3) is 0.200. The number of hydrogen-bond acceptors (Lipinski definition) is 5. The predicted molar refractivity (Wildman–Crippen MR) is 86.4 cm³/mol. The molecular weight excluding hydrogens is 324 g/mol. The number of hydrogen-bond donors (Lipinski definition) is 1. The number of hydrazone groups is 1. The topological polar surface area (TPSA) is 59.9 Å². The predicted octanol–water partition coefficient (Wildman–Crippen LogP) is 3.33. The summed E-state index contributed by atoms with van der Waals surface area (Å²) < 4.78 is 11.2. The van der Waals surface area contributed by atoms with Gasteiger partial charge in [0.2, 0.25) is 0 Å². The number of benzene rings is 1. The molecule has 2 aromatic rings. The van der Waals surface area contributed by atoms with Crippen molar-refractivity contribution in [2.24, 2.45) is 5.10 Å². The average molecular weight is 337 g/mol. The lowest BCUT2D eigenvalue weighted by Gasteiger charge is -2.09.